The van der Waals surface area contributed by atoms with E-state index < -0.39 is 0 Å². The zero-order chi connectivity index (χ0) is 15.9. The normalized spacial score (nSPS) is 10.5. The summed E-state index contributed by atoms with van der Waals surface area (Å²) in [6.45, 7) is 4.92. The number of carbonyl (C=O) groups excluding carboxylic acids is 1. The van der Waals surface area contributed by atoms with Crippen molar-refractivity contribution in [1.82, 2.24) is 15.1 Å². The van der Waals surface area contributed by atoms with E-state index >= 15 is 0 Å². The van der Waals surface area contributed by atoms with Crippen LogP contribution in [0.5, 0.6) is 5.75 Å². The molecule has 6 heteroatoms. The van der Waals surface area contributed by atoms with E-state index in [1.807, 2.05) is 19.1 Å². The van der Waals surface area contributed by atoms with E-state index in [0.717, 1.165) is 24.2 Å². The molecule has 0 saturated carbocycles. The monoisotopic (exact) mass is 321 g/mol. The smallest absolute Gasteiger partial charge is 0.271 e. The molecule has 5 nitrogen and oxygen atoms in total. The van der Waals surface area contributed by atoms with Crippen molar-refractivity contribution in [1.29, 1.82) is 0 Å². The van der Waals surface area contributed by atoms with Gasteiger partial charge in [-0.15, -0.1) is 0 Å². The van der Waals surface area contributed by atoms with E-state index in [0.29, 0.717) is 17.3 Å². The molecule has 0 atom stereocenters. The van der Waals surface area contributed by atoms with Crippen molar-refractivity contribution in [2.75, 3.05) is 6.54 Å². The molecule has 0 radical (unpaired) electrons. The Bertz CT molecular complexity index is 640. The summed E-state index contributed by atoms with van der Waals surface area (Å²) < 4.78 is 7.27. The summed E-state index contributed by atoms with van der Waals surface area (Å²) in [7, 11) is 0. The minimum absolute atomic E-state index is 0.158. The number of halogens is 1. The summed E-state index contributed by atoms with van der Waals surface area (Å²) in [5.74, 6) is 0.587. The Labute approximate surface area is 135 Å². The van der Waals surface area contributed by atoms with Gasteiger partial charge in [0, 0.05) is 17.8 Å². The largest absolute Gasteiger partial charge is 0.471 e. The fraction of sp³-hybridized carbons (Fsp3) is 0.375. The highest BCUT2D eigenvalue weighted by Gasteiger charge is 2.09. The zero-order valence-electron chi connectivity index (χ0n) is 12.8. The number of unbranched alkanes of at least 4 members (excludes halogenated alkanes) is 1. The Morgan fingerprint density at radius 1 is 1.41 bits per heavy atom. The first-order valence-corrected chi connectivity index (χ1v) is 7.68. The van der Waals surface area contributed by atoms with Gasteiger partial charge < -0.3 is 10.1 Å². The quantitative estimate of drug-likeness (QED) is 0.795. The molecule has 1 heterocycles. The Morgan fingerprint density at radius 2 is 2.23 bits per heavy atom. The Hall–Kier alpha value is -2.01. The van der Waals surface area contributed by atoms with Crippen LogP contribution in [0.4, 0.5) is 0 Å². The molecule has 0 aliphatic heterocycles. The van der Waals surface area contributed by atoms with Crippen LogP contribution >= 0.6 is 11.6 Å². The number of hydrogen-bond donors (Lipinski definition) is 1. The number of amides is 1. The lowest BCUT2D eigenvalue weighted by molar-refractivity contribution is 0.0946. The van der Waals surface area contributed by atoms with Crippen LogP contribution in [0.1, 0.15) is 35.8 Å². The first kappa shape index (κ1) is 16.4. The number of nitrogens with zero attached hydrogens (tertiary/aromatic N) is 2. The van der Waals surface area contributed by atoms with Crippen LogP contribution in [0.3, 0.4) is 0 Å². The molecule has 0 bridgehead atoms. The Kier molecular flexibility index (Phi) is 5.83. The van der Waals surface area contributed by atoms with E-state index in [9.17, 15) is 4.79 Å². The number of hydrogen-bond acceptors (Lipinski definition) is 3. The van der Waals surface area contributed by atoms with Gasteiger partial charge in [0.2, 0.25) is 0 Å². The minimum Gasteiger partial charge on any atom is -0.471 e. The average molecular weight is 322 g/mol. The predicted octanol–water partition coefficient (Wildman–Crippen LogP) is 3.41. The van der Waals surface area contributed by atoms with Crippen molar-refractivity contribution in [3.63, 3.8) is 0 Å². The maximum absolute atomic E-state index is 11.9. The lowest BCUT2D eigenvalue weighted by atomic mass is 10.2. The molecule has 1 aromatic heterocycles. The lowest BCUT2D eigenvalue weighted by Crippen LogP contribution is -2.25. The fourth-order valence-corrected chi connectivity index (χ4v) is 2.16. The molecule has 0 spiro atoms. The van der Waals surface area contributed by atoms with Crippen LogP contribution in [-0.4, -0.2) is 22.2 Å². The van der Waals surface area contributed by atoms with Crippen LogP contribution in [0.25, 0.3) is 0 Å². The third kappa shape index (κ3) is 4.49. The van der Waals surface area contributed by atoms with Crippen molar-refractivity contribution in [2.24, 2.45) is 0 Å². The van der Waals surface area contributed by atoms with Crippen molar-refractivity contribution in [2.45, 2.75) is 33.4 Å². The van der Waals surface area contributed by atoms with Crippen molar-refractivity contribution in [3.8, 4) is 5.75 Å². The van der Waals surface area contributed by atoms with Crippen LogP contribution in [0, 0.1) is 6.92 Å². The van der Waals surface area contributed by atoms with E-state index in [1.54, 1.807) is 23.0 Å². The van der Waals surface area contributed by atoms with Gasteiger partial charge in [0.25, 0.3) is 5.91 Å². The number of nitrogens with one attached hydrogen (secondary N) is 1. The molecule has 0 aliphatic carbocycles. The second kappa shape index (κ2) is 7.84. The lowest BCUT2D eigenvalue weighted by Gasteiger charge is -2.09. The van der Waals surface area contributed by atoms with Crippen LogP contribution in [0.2, 0.25) is 5.02 Å². The molecule has 1 N–H and O–H groups in total. The molecule has 1 amide bonds. The maximum atomic E-state index is 11.9. The minimum atomic E-state index is -0.158. The molecule has 0 aliphatic rings. The van der Waals surface area contributed by atoms with Gasteiger partial charge in [-0.05, 0) is 43.2 Å². The summed E-state index contributed by atoms with van der Waals surface area (Å²) >= 11 is 5.91. The Morgan fingerprint density at radius 3 is 2.95 bits per heavy atom. The van der Waals surface area contributed by atoms with Gasteiger partial charge >= 0.3 is 0 Å². The molecule has 0 unspecified atom stereocenters. The molecule has 22 heavy (non-hydrogen) atoms. The summed E-state index contributed by atoms with van der Waals surface area (Å²) in [5, 5.41) is 7.71. The SMILES string of the molecule is CCCCNC(=O)c1ccn(COc2ccc(Cl)cc2C)n1. The topological polar surface area (TPSA) is 56.2 Å². The van der Waals surface area contributed by atoms with Gasteiger partial charge in [0.15, 0.2) is 6.73 Å². The first-order valence-electron chi connectivity index (χ1n) is 7.30. The summed E-state index contributed by atoms with van der Waals surface area (Å²) in [5.41, 5.74) is 1.35. The van der Waals surface area contributed by atoms with E-state index in [2.05, 4.69) is 17.3 Å². The number of benzene rings is 1. The number of carbonyl (C=O) groups is 1. The molecule has 0 fully saturated rings. The molecule has 118 valence electrons. The molecular formula is C16H20ClN3O2. The van der Waals surface area contributed by atoms with Gasteiger partial charge in [-0.1, -0.05) is 24.9 Å². The molecule has 0 saturated heterocycles. The number of aryl methyl sites for hydroxylation is 1. The van der Waals surface area contributed by atoms with Crippen molar-refractivity contribution in [3.05, 3.63) is 46.7 Å². The Balaban J connectivity index is 1.90. The van der Waals surface area contributed by atoms with Gasteiger partial charge in [-0.2, -0.15) is 5.10 Å². The van der Waals surface area contributed by atoms with Crippen molar-refractivity contribution < 1.29 is 9.53 Å². The summed E-state index contributed by atoms with van der Waals surface area (Å²) in [6, 6.07) is 7.12. The van der Waals surface area contributed by atoms with Crippen LogP contribution < -0.4 is 10.1 Å². The highest BCUT2D eigenvalue weighted by molar-refractivity contribution is 6.30. The second-order valence-corrected chi connectivity index (χ2v) is 5.47. The predicted molar refractivity (Wildman–Crippen MR) is 86.3 cm³/mol. The highest BCUT2D eigenvalue weighted by Crippen LogP contribution is 2.21. The molecule has 2 rings (SSSR count). The molecule has 1 aromatic carbocycles. The summed E-state index contributed by atoms with van der Waals surface area (Å²) in [6.07, 6.45) is 3.73. The van der Waals surface area contributed by atoms with Crippen LogP contribution in [0.15, 0.2) is 30.5 Å². The maximum Gasteiger partial charge on any atom is 0.271 e. The summed E-state index contributed by atoms with van der Waals surface area (Å²) in [4.78, 5) is 11.9. The molecular weight excluding hydrogens is 302 g/mol. The van der Waals surface area contributed by atoms with Gasteiger partial charge in [-0.3, -0.25) is 4.79 Å². The average Bonchev–Trinajstić information content (AvgIpc) is 2.95. The van der Waals surface area contributed by atoms with Gasteiger partial charge in [0.1, 0.15) is 11.4 Å². The number of ether oxygens (including phenoxy) is 1. The third-order valence-corrected chi connectivity index (χ3v) is 3.41. The number of rotatable bonds is 7. The molecule has 2 aromatic rings. The first-order chi connectivity index (χ1) is 10.6. The van der Waals surface area contributed by atoms with Gasteiger partial charge in [-0.25, -0.2) is 4.68 Å². The van der Waals surface area contributed by atoms with Crippen molar-refractivity contribution >= 4 is 17.5 Å². The second-order valence-electron chi connectivity index (χ2n) is 5.03. The number of aromatic nitrogens is 2. The standard InChI is InChI=1S/C16H20ClN3O2/c1-3-4-8-18-16(21)14-7-9-20(19-14)11-22-15-6-5-13(17)10-12(15)2/h5-7,9-10H,3-4,8,11H2,1-2H3,(H,18,21). The van der Waals surface area contributed by atoms with Crippen LogP contribution in [-0.2, 0) is 6.73 Å². The van der Waals surface area contributed by atoms with E-state index in [-0.39, 0.29) is 12.6 Å². The highest BCUT2D eigenvalue weighted by atomic mass is 35.5. The van der Waals surface area contributed by atoms with E-state index in [4.69, 9.17) is 16.3 Å². The fourth-order valence-electron chi connectivity index (χ4n) is 1.93. The van der Waals surface area contributed by atoms with E-state index in [1.165, 1.54) is 0 Å². The third-order valence-electron chi connectivity index (χ3n) is 3.18. The van der Waals surface area contributed by atoms with Gasteiger partial charge in [0.05, 0.1) is 0 Å². The zero-order valence-corrected chi connectivity index (χ0v) is 13.6.